The van der Waals surface area contributed by atoms with Gasteiger partial charge in [-0.15, -0.1) is 37.1 Å². The minimum Gasteiger partial charge on any atom is -0.405 e. The molecule has 168 valence electrons. The van der Waals surface area contributed by atoms with Gasteiger partial charge in [-0.2, -0.15) is 0 Å². The second-order valence-electron chi connectivity index (χ2n) is 7.25. The highest BCUT2D eigenvalue weighted by atomic mass is 127. The zero-order valence-electron chi connectivity index (χ0n) is 16.6. The first kappa shape index (κ1) is 24.4. The third-order valence-electron chi connectivity index (χ3n) is 5.12. The van der Waals surface area contributed by atoms with Crippen molar-refractivity contribution < 1.29 is 22.7 Å². The Kier molecular flexibility index (Phi) is 8.44. The molecule has 1 saturated carbocycles. The van der Waals surface area contributed by atoms with Crippen LogP contribution in [0.15, 0.2) is 29.3 Å². The summed E-state index contributed by atoms with van der Waals surface area (Å²) in [4.78, 5) is 17.3. The number of halogens is 4. The fraction of sp³-hybridized carbons (Fsp3) is 0.579. The van der Waals surface area contributed by atoms with Gasteiger partial charge in [-0.25, -0.2) is 4.79 Å². The van der Waals surface area contributed by atoms with Gasteiger partial charge in [0.15, 0.2) is 5.96 Å². The molecule has 2 amide bonds. The van der Waals surface area contributed by atoms with Crippen LogP contribution in [0.3, 0.4) is 0 Å². The van der Waals surface area contributed by atoms with Crippen LogP contribution in [-0.2, 0) is 0 Å². The third kappa shape index (κ3) is 6.81. The predicted octanol–water partition coefficient (Wildman–Crippen LogP) is 3.16. The lowest BCUT2D eigenvalue weighted by Crippen LogP contribution is -2.51. The first-order chi connectivity index (χ1) is 13.8. The van der Waals surface area contributed by atoms with Crippen molar-refractivity contribution in [2.75, 3.05) is 19.6 Å². The average molecular weight is 541 g/mol. The number of ether oxygens (including phenoxy) is 1. The molecule has 3 rings (SSSR count). The van der Waals surface area contributed by atoms with Gasteiger partial charge in [0.05, 0.1) is 0 Å². The molecule has 0 aromatic heterocycles. The Hall–Kier alpha value is -1.92. The number of guanidine groups is 1. The lowest BCUT2D eigenvalue weighted by atomic mass is 10.1. The summed E-state index contributed by atoms with van der Waals surface area (Å²) in [6.07, 6.45) is -2.51. The number of carbonyl (C=O) groups excluding carboxylic acids is 1. The Labute approximate surface area is 190 Å². The van der Waals surface area contributed by atoms with E-state index in [1.807, 2.05) is 6.92 Å². The maximum atomic E-state index is 12.7. The highest BCUT2D eigenvalue weighted by Gasteiger charge is 2.42. The zero-order chi connectivity index (χ0) is 21.0. The van der Waals surface area contributed by atoms with E-state index in [2.05, 4.69) is 20.4 Å². The van der Waals surface area contributed by atoms with Gasteiger partial charge >= 0.3 is 12.4 Å². The summed E-state index contributed by atoms with van der Waals surface area (Å²) >= 11 is 0. The van der Waals surface area contributed by atoms with Crippen LogP contribution in [0, 0.1) is 0 Å². The Morgan fingerprint density at radius 2 is 1.93 bits per heavy atom. The molecule has 1 aromatic rings. The monoisotopic (exact) mass is 541 g/mol. The number of urea groups is 1. The standard InChI is InChI=1S/C19H26F3N5O2.HI/c1-2-24-18(25-12-7-9-27(10-8-12)17(23)28)26-15-11-14(15)13-5-3-4-6-16(13)29-19(20,21)22;/h3-6,12,14-15H,2,7-11H2,1H3,(H2,23,28)(H2,24,25,26);1H. The zero-order valence-corrected chi connectivity index (χ0v) is 18.9. The largest absolute Gasteiger partial charge is 0.573 e. The first-order valence-electron chi connectivity index (χ1n) is 9.73. The van der Waals surface area contributed by atoms with E-state index in [0.29, 0.717) is 37.6 Å². The predicted molar refractivity (Wildman–Crippen MR) is 118 cm³/mol. The van der Waals surface area contributed by atoms with Gasteiger partial charge in [-0.3, -0.25) is 4.99 Å². The van der Waals surface area contributed by atoms with Crippen molar-refractivity contribution in [2.45, 2.75) is 50.6 Å². The Morgan fingerprint density at radius 1 is 1.27 bits per heavy atom. The number of piperidine rings is 1. The molecule has 1 saturated heterocycles. The topological polar surface area (TPSA) is 92.0 Å². The summed E-state index contributed by atoms with van der Waals surface area (Å²) in [5.74, 6) is 0.399. The van der Waals surface area contributed by atoms with Gasteiger partial charge in [0.25, 0.3) is 0 Å². The van der Waals surface area contributed by atoms with Crippen molar-refractivity contribution >= 4 is 36.0 Å². The molecule has 2 unspecified atom stereocenters. The molecule has 30 heavy (non-hydrogen) atoms. The van der Waals surface area contributed by atoms with Crippen molar-refractivity contribution in [1.82, 2.24) is 15.5 Å². The number of carbonyl (C=O) groups is 1. The van der Waals surface area contributed by atoms with Crippen LogP contribution >= 0.6 is 24.0 Å². The van der Waals surface area contributed by atoms with Crippen LogP contribution in [0.25, 0.3) is 0 Å². The Balaban J connectivity index is 0.00000320. The smallest absolute Gasteiger partial charge is 0.405 e. The second-order valence-corrected chi connectivity index (χ2v) is 7.25. The maximum absolute atomic E-state index is 12.7. The third-order valence-corrected chi connectivity index (χ3v) is 5.12. The van der Waals surface area contributed by atoms with Crippen molar-refractivity contribution in [1.29, 1.82) is 0 Å². The number of hydrogen-bond donors (Lipinski definition) is 3. The van der Waals surface area contributed by atoms with E-state index in [4.69, 9.17) is 5.73 Å². The second kappa shape index (κ2) is 10.4. The van der Waals surface area contributed by atoms with E-state index in [1.165, 1.54) is 12.1 Å². The SMILES string of the molecule is CCN=C(NC1CCN(C(N)=O)CC1)NC1CC1c1ccccc1OC(F)(F)F.I. The quantitative estimate of drug-likeness (QED) is 0.304. The molecule has 0 radical (unpaired) electrons. The van der Waals surface area contributed by atoms with E-state index in [1.54, 1.807) is 17.0 Å². The molecular formula is C19H27F3IN5O2. The van der Waals surface area contributed by atoms with Crippen LogP contribution in [0.5, 0.6) is 5.75 Å². The van der Waals surface area contributed by atoms with Gasteiger partial charge in [0.1, 0.15) is 5.75 Å². The number of likely N-dealkylation sites (tertiary alicyclic amines) is 1. The molecule has 11 heteroatoms. The average Bonchev–Trinajstić information content (AvgIpc) is 3.40. The van der Waals surface area contributed by atoms with Crippen LogP contribution in [0.2, 0.25) is 0 Å². The summed E-state index contributed by atoms with van der Waals surface area (Å²) in [5, 5.41) is 6.67. The number of alkyl halides is 3. The molecule has 0 spiro atoms. The fourth-order valence-electron chi connectivity index (χ4n) is 3.61. The summed E-state index contributed by atoms with van der Waals surface area (Å²) in [6, 6.07) is 5.96. The van der Waals surface area contributed by atoms with Crippen molar-refractivity contribution in [3.63, 3.8) is 0 Å². The molecule has 0 bridgehead atoms. The number of nitrogens with one attached hydrogen (secondary N) is 2. The van der Waals surface area contributed by atoms with Crippen LogP contribution in [0.4, 0.5) is 18.0 Å². The lowest BCUT2D eigenvalue weighted by molar-refractivity contribution is -0.274. The molecule has 1 heterocycles. The first-order valence-corrected chi connectivity index (χ1v) is 9.73. The molecule has 1 aromatic carbocycles. The number of nitrogens with zero attached hydrogens (tertiary/aromatic N) is 2. The molecule has 2 fully saturated rings. The van der Waals surface area contributed by atoms with E-state index in [-0.39, 0.29) is 47.7 Å². The van der Waals surface area contributed by atoms with Crippen molar-refractivity contribution in [3.05, 3.63) is 29.8 Å². The number of benzene rings is 1. The number of amides is 2. The van der Waals surface area contributed by atoms with Gasteiger partial charge < -0.3 is 26.0 Å². The van der Waals surface area contributed by atoms with Crippen LogP contribution in [-0.4, -0.2) is 55.0 Å². The molecule has 4 N–H and O–H groups in total. The highest BCUT2D eigenvalue weighted by molar-refractivity contribution is 14.0. The summed E-state index contributed by atoms with van der Waals surface area (Å²) in [7, 11) is 0. The van der Waals surface area contributed by atoms with E-state index in [0.717, 1.165) is 12.8 Å². The number of hydrogen-bond acceptors (Lipinski definition) is 3. The van der Waals surface area contributed by atoms with Gasteiger partial charge in [0, 0.05) is 37.6 Å². The fourth-order valence-corrected chi connectivity index (χ4v) is 3.61. The molecule has 1 aliphatic heterocycles. The molecule has 7 nitrogen and oxygen atoms in total. The number of nitrogens with two attached hydrogens (primary N) is 1. The Bertz CT molecular complexity index is 754. The maximum Gasteiger partial charge on any atom is 0.573 e. The summed E-state index contributed by atoms with van der Waals surface area (Å²) < 4.78 is 42.1. The molecular weight excluding hydrogens is 514 g/mol. The Morgan fingerprint density at radius 3 is 2.53 bits per heavy atom. The summed E-state index contributed by atoms with van der Waals surface area (Å²) in [6.45, 7) is 3.65. The molecule has 2 aliphatic rings. The molecule has 2 atom stereocenters. The number of para-hydroxylation sites is 1. The molecule has 1 aliphatic carbocycles. The van der Waals surface area contributed by atoms with Gasteiger partial charge in [-0.1, -0.05) is 18.2 Å². The lowest BCUT2D eigenvalue weighted by Gasteiger charge is -2.32. The van der Waals surface area contributed by atoms with Crippen molar-refractivity contribution in [3.8, 4) is 5.75 Å². The van der Waals surface area contributed by atoms with Crippen LogP contribution < -0.4 is 21.1 Å². The minimum atomic E-state index is -4.72. The van der Waals surface area contributed by atoms with Gasteiger partial charge in [-0.05, 0) is 37.8 Å². The number of primary amides is 1. The summed E-state index contributed by atoms with van der Waals surface area (Å²) in [5.41, 5.74) is 5.84. The van der Waals surface area contributed by atoms with Crippen molar-refractivity contribution in [2.24, 2.45) is 10.7 Å². The number of aliphatic imine (C=N–C) groups is 1. The van der Waals surface area contributed by atoms with E-state index in [9.17, 15) is 18.0 Å². The van der Waals surface area contributed by atoms with E-state index < -0.39 is 12.4 Å². The van der Waals surface area contributed by atoms with Crippen LogP contribution in [0.1, 0.15) is 37.7 Å². The van der Waals surface area contributed by atoms with E-state index >= 15 is 0 Å². The number of rotatable bonds is 5. The highest BCUT2D eigenvalue weighted by Crippen LogP contribution is 2.45. The minimum absolute atomic E-state index is 0. The normalized spacial score (nSPS) is 22.1. The van der Waals surface area contributed by atoms with Gasteiger partial charge in [0.2, 0.25) is 0 Å².